The maximum Gasteiger partial charge on any atom is 0.256 e. The van der Waals surface area contributed by atoms with E-state index in [2.05, 4.69) is 5.32 Å². The first kappa shape index (κ1) is 16.8. The van der Waals surface area contributed by atoms with Gasteiger partial charge >= 0.3 is 0 Å². The number of halogens is 2. The molecular weight excluding hydrogens is 294 g/mol. The van der Waals surface area contributed by atoms with Crippen LogP contribution in [0.15, 0.2) is 18.2 Å². The van der Waals surface area contributed by atoms with E-state index < -0.39 is 23.1 Å². The highest BCUT2D eigenvalue weighted by atomic mass is 19.2. The van der Waals surface area contributed by atoms with Crippen LogP contribution in [0.2, 0.25) is 0 Å². The summed E-state index contributed by atoms with van der Waals surface area (Å²) in [6.45, 7) is 0.507. The smallest absolute Gasteiger partial charge is 0.256 e. The normalized spacial score (nSPS) is 22.2. The lowest BCUT2D eigenvalue weighted by molar-refractivity contribution is -0.157. The van der Waals surface area contributed by atoms with Gasteiger partial charge in [0.1, 0.15) is 0 Å². The zero-order valence-electron chi connectivity index (χ0n) is 12.2. The van der Waals surface area contributed by atoms with Gasteiger partial charge in [-0.25, -0.2) is 8.78 Å². The van der Waals surface area contributed by atoms with Crippen LogP contribution in [0, 0.1) is 11.6 Å². The zero-order chi connectivity index (χ0) is 16.2. The van der Waals surface area contributed by atoms with E-state index in [1.54, 1.807) is 0 Å². The number of likely N-dealkylation sites (tertiary alicyclic amines) is 1. The number of rotatable bonds is 6. The molecule has 5 nitrogen and oxygen atoms in total. The Hall–Kier alpha value is -1.57. The van der Waals surface area contributed by atoms with Gasteiger partial charge < -0.3 is 20.4 Å². The molecule has 1 aliphatic heterocycles. The molecule has 22 heavy (non-hydrogen) atoms. The lowest BCUT2D eigenvalue weighted by atomic mass is 9.91. The molecule has 1 aliphatic rings. The summed E-state index contributed by atoms with van der Waals surface area (Å²) in [6.07, 6.45) is 0.867. The number of benzene rings is 1. The standard InChI is InChI=1S/C15H20F2N2O3/c16-12-4-1-3-11(13(12)17)9-19-7-2-5-15(22,14(19)21)10-18-6-8-20/h1,3-4,18,20,22H,2,5-10H2. The minimum absolute atomic E-state index is 0.0223. The van der Waals surface area contributed by atoms with E-state index in [0.29, 0.717) is 19.4 Å². The first-order chi connectivity index (χ1) is 10.5. The quantitative estimate of drug-likeness (QED) is 0.665. The molecule has 1 fully saturated rings. The van der Waals surface area contributed by atoms with Crippen LogP contribution in [-0.4, -0.2) is 52.9 Å². The van der Waals surface area contributed by atoms with Gasteiger partial charge in [-0.3, -0.25) is 4.79 Å². The molecular formula is C15H20F2N2O3. The van der Waals surface area contributed by atoms with E-state index >= 15 is 0 Å². The number of nitrogens with one attached hydrogen (secondary N) is 1. The zero-order valence-corrected chi connectivity index (χ0v) is 12.2. The molecule has 122 valence electrons. The summed E-state index contributed by atoms with van der Waals surface area (Å²) in [5.74, 6) is -2.43. The molecule has 1 unspecified atom stereocenters. The SMILES string of the molecule is O=C1N(Cc2cccc(F)c2F)CCCC1(O)CNCCO. The molecule has 1 saturated heterocycles. The number of carbonyl (C=O) groups is 1. The summed E-state index contributed by atoms with van der Waals surface area (Å²) < 4.78 is 26.9. The first-order valence-corrected chi connectivity index (χ1v) is 7.24. The van der Waals surface area contributed by atoms with Crippen molar-refractivity contribution in [2.75, 3.05) is 26.2 Å². The molecule has 2 rings (SSSR count). The summed E-state index contributed by atoms with van der Waals surface area (Å²) >= 11 is 0. The monoisotopic (exact) mass is 314 g/mol. The van der Waals surface area contributed by atoms with Gasteiger partial charge in [0.2, 0.25) is 0 Å². The van der Waals surface area contributed by atoms with Crippen molar-refractivity contribution in [1.29, 1.82) is 0 Å². The number of nitrogens with zero attached hydrogens (tertiary/aromatic N) is 1. The first-order valence-electron chi connectivity index (χ1n) is 7.24. The van der Waals surface area contributed by atoms with Crippen LogP contribution < -0.4 is 5.32 Å². The molecule has 0 radical (unpaired) electrons. The van der Waals surface area contributed by atoms with E-state index in [4.69, 9.17) is 5.11 Å². The summed E-state index contributed by atoms with van der Waals surface area (Å²) in [6, 6.07) is 3.83. The van der Waals surface area contributed by atoms with E-state index in [0.717, 1.165) is 6.07 Å². The summed E-state index contributed by atoms with van der Waals surface area (Å²) in [4.78, 5) is 13.7. The van der Waals surface area contributed by atoms with Gasteiger partial charge in [-0.1, -0.05) is 12.1 Å². The molecule has 1 heterocycles. The van der Waals surface area contributed by atoms with Crippen LogP contribution in [0.1, 0.15) is 18.4 Å². The topological polar surface area (TPSA) is 72.8 Å². The highest BCUT2D eigenvalue weighted by Gasteiger charge is 2.41. The van der Waals surface area contributed by atoms with Crippen LogP contribution in [0.5, 0.6) is 0 Å². The highest BCUT2D eigenvalue weighted by molar-refractivity contribution is 5.86. The van der Waals surface area contributed by atoms with Crippen LogP contribution in [0.3, 0.4) is 0 Å². The van der Waals surface area contributed by atoms with Crippen molar-refractivity contribution in [3.05, 3.63) is 35.4 Å². The highest BCUT2D eigenvalue weighted by Crippen LogP contribution is 2.24. The number of aliphatic hydroxyl groups excluding tert-OH is 1. The van der Waals surface area contributed by atoms with Crippen molar-refractivity contribution in [1.82, 2.24) is 10.2 Å². The Morgan fingerprint density at radius 1 is 1.36 bits per heavy atom. The van der Waals surface area contributed by atoms with Crippen molar-refractivity contribution in [3.8, 4) is 0 Å². The summed E-state index contributed by atoms with van der Waals surface area (Å²) in [5.41, 5.74) is -1.49. The van der Waals surface area contributed by atoms with Crippen LogP contribution >= 0.6 is 0 Å². The Labute approximate surface area is 127 Å². The Kier molecular flexibility index (Phi) is 5.44. The van der Waals surface area contributed by atoms with Crippen LogP contribution in [0.25, 0.3) is 0 Å². The number of aliphatic hydroxyl groups is 2. The molecule has 1 aromatic carbocycles. The molecule has 0 aliphatic carbocycles. The van der Waals surface area contributed by atoms with Gasteiger partial charge in [0.15, 0.2) is 17.2 Å². The minimum Gasteiger partial charge on any atom is -0.395 e. The second-order valence-electron chi connectivity index (χ2n) is 5.48. The van der Waals surface area contributed by atoms with Crippen molar-refractivity contribution >= 4 is 5.91 Å². The number of carbonyl (C=O) groups excluding carboxylic acids is 1. The van der Waals surface area contributed by atoms with Gasteiger partial charge in [0.05, 0.1) is 6.61 Å². The molecule has 1 aromatic rings. The summed E-state index contributed by atoms with van der Waals surface area (Å²) in [7, 11) is 0. The maximum absolute atomic E-state index is 13.7. The second-order valence-corrected chi connectivity index (χ2v) is 5.48. The lowest BCUT2D eigenvalue weighted by Crippen LogP contribution is -2.57. The number of hydrogen-bond donors (Lipinski definition) is 3. The largest absolute Gasteiger partial charge is 0.395 e. The maximum atomic E-state index is 13.7. The number of amides is 1. The average Bonchev–Trinajstić information content (AvgIpc) is 2.49. The van der Waals surface area contributed by atoms with Gasteiger partial charge in [0, 0.05) is 31.7 Å². The molecule has 1 amide bonds. The van der Waals surface area contributed by atoms with Gasteiger partial charge in [0.25, 0.3) is 5.91 Å². The fourth-order valence-corrected chi connectivity index (χ4v) is 2.63. The third-order valence-electron chi connectivity index (χ3n) is 3.80. The fourth-order valence-electron chi connectivity index (χ4n) is 2.63. The molecule has 1 atom stereocenters. The van der Waals surface area contributed by atoms with Gasteiger partial charge in [-0.15, -0.1) is 0 Å². The predicted molar refractivity (Wildman–Crippen MR) is 75.9 cm³/mol. The Morgan fingerprint density at radius 3 is 2.86 bits per heavy atom. The fraction of sp³-hybridized carbons (Fsp3) is 0.533. The molecule has 3 N–H and O–H groups in total. The van der Waals surface area contributed by atoms with Crippen LogP contribution in [0.4, 0.5) is 8.78 Å². The van der Waals surface area contributed by atoms with Crippen molar-refractivity contribution in [2.45, 2.75) is 25.0 Å². The average molecular weight is 314 g/mol. The van der Waals surface area contributed by atoms with Crippen molar-refractivity contribution in [3.63, 3.8) is 0 Å². The molecule has 0 bridgehead atoms. The molecule has 0 spiro atoms. The van der Waals surface area contributed by atoms with E-state index in [1.807, 2.05) is 0 Å². The number of piperidine rings is 1. The van der Waals surface area contributed by atoms with E-state index in [-0.39, 0.29) is 31.8 Å². The molecule has 0 saturated carbocycles. The van der Waals surface area contributed by atoms with E-state index in [9.17, 15) is 18.7 Å². The predicted octanol–water partition coefficient (Wildman–Crippen LogP) is 0.400. The Morgan fingerprint density at radius 2 is 2.14 bits per heavy atom. The van der Waals surface area contributed by atoms with Crippen LogP contribution in [-0.2, 0) is 11.3 Å². The lowest BCUT2D eigenvalue weighted by Gasteiger charge is -2.38. The minimum atomic E-state index is -1.57. The second kappa shape index (κ2) is 7.13. The third kappa shape index (κ3) is 3.60. The molecule has 7 heteroatoms. The van der Waals surface area contributed by atoms with Gasteiger partial charge in [-0.2, -0.15) is 0 Å². The summed E-state index contributed by atoms with van der Waals surface area (Å²) in [5, 5.41) is 22.0. The molecule has 0 aromatic heterocycles. The van der Waals surface area contributed by atoms with E-state index in [1.165, 1.54) is 17.0 Å². The van der Waals surface area contributed by atoms with Crippen molar-refractivity contribution in [2.24, 2.45) is 0 Å². The van der Waals surface area contributed by atoms with Crippen molar-refractivity contribution < 1.29 is 23.8 Å². The van der Waals surface area contributed by atoms with Gasteiger partial charge in [-0.05, 0) is 18.9 Å². The number of hydrogen-bond acceptors (Lipinski definition) is 4. The Bertz CT molecular complexity index is 542. The third-order valence-corrected chi connectivity index (χ3v) is 3.80. The Balaban J connectivity index is 2.08.